The van der Waals surface area contributed by atoms with E-state index in [4.69, 9.17) is 4.74 Å². The number of benzene rings is 9. The van der Waals surface area contributed by atoms with E-state index in [1.54, 1.807) is 0 Å². The third-order valence-electron chi connectivity index (χ3n) is 15.5. The maximum Gasteiger partial charge on any atom is 0.252 e. The second kappa shape index (κ2) is 13.7. The van der Waals surface area contributed by atoms with Crippen molar-refractivity contribution in [2.24, 2.45) is 0 Å². The molecular weight excluding hydrogens is 826 g/mol. The zero-order chi connectivity index (χ0) is 45.8. The molecule has 4 nitrogen and oxygen atoms in total. The summed E-state index contributed by atoms with van der Waals surface area (Å²) in [6, 6.07) is 73.2. The van der Waals surface area contributed by atoms with Gasteiger partial charge in [0.05, 0.1) is 22.3 Å². The lowest BCUT2D eigenvalue weighted by Gasteiger charge is -2.52. The summed E-state index contributed by atoms with van der Waals surface area (Å²) in [5, 5.41) is 2.55. The molecule has 4 aliphatic heterocycles. The molecule has 5 heterocycles. The molecule has 0 saturated carbocycles. The van der Waals surface area contributed by atoms with Crippen LogP contribution in [0.1, 0.15) is 74.9 Å². The normalized spacial score (nSPS) is 14.5. The molecule has 5 heteroatoms. The Morgan fingerprint density at radius 1 is 0.456 bits per heavy atom. The monoisotopic (exact) mass is 875 g/mol. The Morgan fingerprint density at radius 2 is 0.985 bits per heavy atom. The molecule has 0 radical (unpaired) electrons. The number of aromatic nitrogens is 1. The molecule has 0 N–H and O–H groups in total. The lowest BCUT2D eigenvalue weighted by Crippen LogP contribution is -2.61. The molecule has 1 spiro atoms. The summed E-state index contributed by atoms with van der Waals surface area (Å²) < 4.78 is 9.40. The SMILES string of the molecule is CC(C)(C)c1ccc(N(c2ccc(C(C)(C)C)cc2)c2cc3c4c(c2)-n2c5ccccc5c5cccc(c52)B4c2cccc4c2N3c2ccccc2C42c3ccccc3Oc3ccccc32)cc1. The molecular formula is C63H50BN3O. The molecule has 4 aliphatic rings. The number of nitrogens with zero attached hydrogens (tertiary/aromatic N) is 3. The average Bonchev–Trinajstić information content (AvgIpc) is 3.69. The highest BCUT2D eigenvalue weighted by molar-refractivity contribution is 7.00. The molecule has 0 fully saturated rings. The quantitative estimate of drug-likeness (QED) is 0.165. The Balaban J connectivity index is 1.13. The van der Waals surface area contributed by atoms with Crippen LogP contribution in [0, 0.1) is 0 Å². The van der Waals surface area contributed by atoms with Gasteiger partial charge in [-0.25, -0.2) is 0 Å². The van der Waals surface area contributed by atoms with E-state index < -0.39 is 5.41 Å². The van der Waals surface area contributed by atoms with Gasteiger partial charge in [-0.3, -0.25) is 0 Å². The van der Waals surface area contributed by atoms with Gasteiger partial charge in [-0.15, -0.1) is 0 Å². The summed E-state index contributed by atoms with van der Waals surface area (Å²) >= 11 is 0. The van der Waals surface area contributed by atoms with Crippen molar-refractivity contribution in [2.75, 3.05) is 9.80 Å². The average molecular weight is 876 g/mol. The van der Waals surface area contributed by atoms with E-state index in [9.17, 15) is 0 Å². The number of fused-ring (bicyclic) bond motifs is 15. The molecule has 68 heavy (non-hydrogen) atoms. The van der Waals surface area contributed by atoms with Gasteiger partial charge < -0.3 is 19.1 Å². The van der Waals surface area contributed by atoms with Crippen LogP contribution in [0.4, 0.5) is 34.1 Å². The van der Waals surface area contributed by atoms with Gasteiger partial charge in [-0.1, -0.05) is 175 Å². The third kappa shape index (κ3) is 5.16. The fraction of sp³-hybridized carbons (Fsp3) is 0.143. The van der Waals surface area contributed by atoms with E-state index in [0.717, 1.165) is 39.7 Å². The van der Waals surface area contributed by atoms with Crippen molar-refractivity contribution in [2.45, 2.75) is 57.8 Å². The van der Waals surface area contributed by atoms with E-state index in [-0.39, 0.29) is 17.5 Å². The fourth-order valence-corrected chi connectivity index (χ4v) is 12.5. The van der Waals surface area contributed by atoms with Gasteiger partial charge in [0.2, 0.25) is 0 Å². The second-order valence-electron chi connectivity index (χ2n) is 21.3. The Bertz CT molecular complexity index is 3650. The van der Waals surface area contributed by atoms with Gasteiger partial charge >= 0.3 is 0 Å². The lowest BCUT2D eigenvalue weighted by atomic mass is 9.33. The fourth-order valence-electron chi connectivity index (χ4n) is 12.5. The lowest BCUT2D eigenvalue weighted by molar-refractivity contribution is 0.434. The van der Waals surface area contributed by atoms with Crippen LogP contribution in [0.5, 0.6) is 11.5 Å². The van der Waals surface area contributed by atoms with E-state index in [0.29, 0.717) is 0 Å². The van der Waals surface area contributed by atoms with Crippen LogP contribution < -0.4 is 30.9 Å². The van der Waals surface area contributed by atoms with E-state index in [1.807, 2.05) is 0 Å². The van der Waals surface area contributed by atoms with Crippen molar-refractivity contribution in [3.63, 3.8) is 0 Å². The van der Waals surface area contributed by atoms with E-state index in [2.05, 4.69) is 250 Å². The van der Waals surface area contributed by atoms with Crippen LogP contribution in [0.15, 0.2) is 194 Å². The summed E-state index contributed by atoms with van der Waals surface area (Å²) in [4.78, 5) is 5.11. The third-order valence-corrected chi connectivity index (χ3v) is 15.5. The summed E-state index contributed by atoms with van der Waals surface area (Å²) in [7, 11) is 0. The number of hydrogen-bond donors (Lipinski definition) is 0. The van der Waals surface area contributed by atoms with Gasteiger partial charge in [0.25, 0.3) is 6.71 Å². The smallest absolute Gasteiger partial charge is 0.252 e. The van der Waals surface area contributed by atoms with Crippen molar-refractivity contribution in [3.8, 4) is 17.2 Å². The summed E-state index contributed by atoms with van der Waals surface area (Å²) in [6.45, 7) is 13.7. The number of rotatable bonds is 3. The first-order chi connectivity index (χ1) is 33.0. The van der Waals surface area contributed by atoms with E-state index in [1.165, 1.54) is 83.2 Å². The Kier molecular flexibility index (Phi) is 7.92. The van der Waals surface area contributed by atoms with Gasteiger partial charge in [0.15, 0.2) is 0 Å². The number of para-hydroxylation sites is 6. The van der Waals surface area contributed by atoms with Crippen LogP contribution in [0.3, 0.4) is 0 Å². The maximum atomic E-state index is 6.82. The zero-order valence-corrected chi connectivity index (χ0v) is 39.3. The largest absolute Gasteiger partial charge is 0.457 e. The molecule has 9 aromatic carbocycles. The van der Waals surface area contributed by atoms with Crippen LogP contribution in [-0.2, 0) is 16.2 Å². The standard InChI is InChI=1S/C63H50BN3O/c1-61(2,3)39-29-33-41(34-30-39)65(42-35-31-40(32-36-42)62(4,5)6)43-37-54-58-55(38-43)67-53-26-12-8-19-46(53)63(47-20-9-13-27-56(47)68-57-28-14-10-21-48(57)63)49-22-16-24-51(60(49)67)64(58)50-23-15-18-45-44-17-7-11-25-52(44)66(54)59(45)50/h7-38H,1-6H3. The molecule has 14 rings (SSSR count). The first-order valence-corrected chi connectivity index (χ1v) is 24.1. The zero-order valence-electron chi connectivity index (χ0n) is 39.3. The predicted octanol–water partition coefficient (Wildman–Crippen LogP) is 14.3. The van der Waals surface area contributed by atoms with Gasteiger partial charge in [-0.2, -0.15) is 0 Å². The van der Waals surface area contributed by atoms with Crippen molar-refractivity contribution < 1.29 is 4.74 Å². The minimum absolute atomic E-state index is 0.0204. The topological polar surface area (TPSA) is 20.6 Å². The number of hydrogen-bond acceptors (Lipinski definition) is 3. The molecule has 0 bridgehead atoms. The van der Waals surface area contributed by atoms with Crippen LogP contribution in [0.25, 0.3) is 27.5 Å². The highest BCUT2D eigenvalue weighted by atomic mass is 16.5. The predicted molar refractivity (Wildman–Crippen MR) is 284 cm³/mol. The molecule has 1 aromatic heterocycles. The van der Waals surface area contributed by atoms with Gasteiger partial charge in [0, 0.05) is 55.9 Å². The second-order valence-corrected chi connectivity index (χ2v) is 21.3. The van der Waals surface area contributed by atoms with Gasteiger partial charge in [-0.05, 0) is 110 Å². The molecule has 10 aromatic rings. The summed E-state index contributed by atoms with van der Waals surface area (Å²) in [6.07, 6.45) is 0. The highest BCUT2D eigenvalue weighted by Gasteiger charge is 2.54. The van der Waals surface area contributed by atoms with Crippen molar-refractivity contribution >= 4 is 79.0 Å². The summed E-state index contributed by atoms with van der Waals surface area (Å²) in [5.41, 5.74) is 21.5. The van der Waals surface area contributed by atoms with Gasteiger partial charge in [0.1, 0.15) is 11.5 Å². The highest BCUT2D eigenvalue weighted by Crippen LogP contribution is 2.63. The minimum atomic E-state index is -0.646. The number of anilines is 6. The first kappa shape index (κ1) is 39.4. The molecule has 0 unspecified atom stereocenters. The molecule has 0 saturated heterocycles. The Hall–Kier alpha value is -7.76. The Labute approximate surface area is 398 Å². The Morgan fingerprint density at radius 3 is 1.65 bits per heavy atom. The molecule has 0 aliphatic carbocycles. The molecule has 326 valence electrons. The van der Waals surface area contributed by atoms with Crippen LogP contribution in [0.2, 0.25) is 0 Å². The number of ether oxygens (including phenoxy) is 1. The van der Waals surface area contributed by atoms with Crippen molar-refractivity contribution in [1.82, 2.24) is 4.57 Å². The maximum absolute atomic E-state index is 6.82. The van der Waals surface area contributed by atoms with E-state index >= 15 is 0 Å². The minimum Gasteiger partial charge on any atom is -0.457 e. The summed E-state index contributed by atoms with van der Waals surface area (Å²) in [5.74, 6) is 1.79. The van der Waals surface area contributed by atoms with Crippen LogP contribution in [-0.4, -0.2) is 11.3 Å². The van der Waals surface area contributed by atoms with Crippen LogP contribution >= 0.6 is 0 Å². The molecule has 0 atom stereocenters. The van der Waals surface area contributed by atoms with Crippen molar-refractivity contribution in [3.05, 3.63) is 228 Å². The molecule has 0 amide bonds. The first-order valence-electron chi connectivity index (χ1n) is 24.1. The van der Waals surface area contributed by atoms with Crippen molar-refractivity contribution in [1.29, 1.82) is 0 Å².